The molecule has 0 aromatic rings. The number of hydrogen-bond donors (Lipinski definition) is 2. The maximum atomic E-state index is 9.67. The van der Waals surface area contributed by atoms with E-state index in [1.807, 2.05) is 27.7 Å². The summed E-state index contributed by atoms with van der Waals surface area (Å²) in [7, 11) is 0. The molecule has 0 saturated carbocycles. The molecule has 0 aromatic carbocycles. The summed E-state index contributed by atoms with van der Waals surface area (Å²) in [6.45, 7) is 7.96. The minimum atomic E-state index is -0.729. The number of aliphatic hydroxyl groups is 2. The van der Waals surface area contributed by atoms with Crippen LogP contribution in [0.4, 0.5) is 0 Å². The quantitative estimate of drug-likeness (QED) is 0.673. The molecule has 0 amide bonds. The summed E-state index contributed by atoms with van der Waals surface area (Å²) in [5.74, 6) is 0.488. The van der Waals surface area contributed by atoms with Crippen molar-refractivity contribution >= 4 is 0 Å². The van der Waals surface area contributed by atoms with E-state index in [0.717, 1.165) is 0 Å². The molecule has 0 bridgehead atoms. The van der Waals surface area contributed by atoms with Gasteiger partial charge in [0.15, 0.2) is 0 Å². The fourth-order valence-electron chi connectivity index (χ4n) is 1.83. The monoisotopic (exact) mass is 188 g/mol. The minimum absolute atomic E-state index is 0.220. The Labute approximate surface area is 79.7 Å². The van der Waals surface area contributed by atoms with Crippen LogP contribution in [-0.2, 0) is 4.74 Å². The van der Waals surface area contributed by atoms with Crippen molar-refractivity contribution in [2.45, 2.75) is 52.1 Å². The lowest BCUT2D eigenvalue weighted by atomic mass is 9.96. The second kappa shape index (κ2) is 3.95. The van der Waals surface area contributed by atoms with E-state index in [2.05, 4.69) is 0 Å². The average molecular weight is 188 g/mol. The van der Waals surface area contributed by atoms with Gasteiger partial charge in [-0.05, 0) is 11.8 Å². The Balaban J connectivity index is 2.66. The van der Waals surface area contributed by atoms with Crippen LogP contribution in [0, 0.1) is 11.8 Å². The van der Waals surface area contributed by atoms with Crippen molar-refractivity contribution in [2.24, 2.45) is 11.8 Å². The first-order valence-electron chi connectivity index (χ1n) is 4.96. The highest BCUT2D eigenvalue weighted by Gasteiger charge is 2.44. The fraction of sp³-hybridized carbons (Fsp3) is 1.00. The van der Waals surface area contributed by atoms with E-state index in [1.165, 1.54) is 0 Å². The van der Waals surface area contributed by atoms with E-state index in [4.69, 9.17) is 4.74 Å². The number of aliphatic hydroxyl groups excluding tert-OH is 2. The summed E-state index contributed by atoms with van der Waals surface area (Å²) in [4.78, 5) is 0. The van der Waals surface area contributed by atoms with E-state index in [1.54, 1.807) is 0 Å². The zero-order valence-corrected chi connectivity index (χ0v) is 8.77. The SMILES string of the molecule is CC(C)[C@H]1O[C@@H](C(C)C)[C@H](O)[C@@H]1O. The van der Waals surface area contributed by atoms with Crippen LogP contribution in [0.5, 0.6) is 0 Å². The van der Waals surface area contributed by atoms with Gasteiger partial charge in [-0.15, -0.1) is 0 Å². The smallest absolute Gasteiger partial charge is 0.109 e. The molecule has 1 fully saturated rings. The summed E-state index contributed by atoms with van der Waals surface area (Å²) < 4.78 is 5.61. The lowest BCUT2D eigenvalue weighted by Gasteiger charge is -2.19. The second-order valence-electron chi connectivity index (χ2n) is 4.53. The van der Waals surface area contributed by atoms with Gasteiger partial charge in [0.05, 0.1) is 12.2 Å². The third kappa shape index (κ3) is 2.03. The fourth-order valence-corrected chi connectivity index (χ4v) is 1.83. The van der Waals surface area contributed by atoms with Gasteiger partial charge in [-0.2, -0.15) is 0 Å². The molecule has 1 saturated heterocycles. The van der Waals surface area contributed by atoms with Crippen LogP contribution < -0.4 is 0 Å². The van der Waals surface area contributed by atoms with Gasteiger partial charge in [0.25, 0.3) is 0 Å². The van der Waals surface area contributed by atoms with E-state index >= 15 is 0 Å². The molecule has 0 spiro atoms. The molecular formula is C10H20O3. The van der Waals surface area contributed by atoms with Crippen LogP contribution >= 0.6 is 0 Å². The molecule has 4 atom stereocenters. The minimum Gasteiger partial charge on any atom is -0.388 e. The zero-order chi connectivity index (χ0) is 10.2. The van der Waals surface area contributed by atoms with Gasteiger partial charge in [-0.3, -0.25) is 0 Å². The van der Waals surface area contributed by atoms with E-state index in [-0.39, 0.29) is 24.0 Å². The molecule has 0 unspecified atom stereocenters. The van der Waals surface area contributed by atoms with Gasteiger partial charge in [0.1, 0.15) is 12.2 Å². The van der Waals surface area contributed by atoms with Gasteiger partial charge < -0.3 is 14.9 Å². The van der Waals surface area contributed by atoms with Gasteiger partial charge in [0, 0.05) is 0 Å². The average Bonchev–Trinajstić information content (AvgIpc) is 2.29. The first-order chi connectivity index (χ1) is 5.95. The van der Waals surface area contributed by atoms with E-state index in [0.29, 0.717) is 0 Å². The predicted molar refractivity (Wildman–Crippen MR) is 50.4 cm³/mol. The molecule has 78 valence electrons. The Morgan fingerprint density at radius 2 is 1.15 bits per heavy atom. The second-order valence-corrected chi connectivity index (χ2v) is 4.53. The Kier molecular flexibility index (Phi) is 3.33. The summed E-state index contributed by atoms with van der Waals surface area (Å²) in [5.41, 5.74) is 0. The highest BCUT2D eigenvalue weighted by Crippen LogP contribution is 2.30. The van der Waals surface area contributed by atoms with Crippen LogP contribution in [0.3, 0.4) is 0 Å². The van der Waals surface area contributed by atoms with Crippen LogP contribution in [0.25, 0.3) is 0 Å². The van der Waals surface area contributed by atoms with Crippen molar-refractivity contribution in [3.8, 4) is 0 Å². The van der Waals surface area contributed by atoms with Crippen molar-refractivity contribution < 1.29 is 14.9 Å². The van der Waals surface area contributed by atoms with Crippen LogP contribution in [-0.4, -0.2) is 34.6 Å². The lowest BCUT2D eigenvalue weighted by molar-refractivity contribution is -0.0340. The third-order valence-electron chi connectivity index (χ3n) is 2.65. The predicted octanol–water partition coefficient (Wildman–Crippen LogP) is 0.788. The van der Waals surface area contributed by atoms with Crippen LogP contribution in [0.15, 0.2) is 0 Å². The van der Waals surface area contributed by atoms with Gasteiger partial charge in [-0.1, -0.05) is 27.7 Å². The first kappa shape index (κ1) is 11.0. The van der Waals surface area contributed by atoms with Crippen LogP contribution in [0.2, 0.25) is 0 Å². The van der Waals surface area contributed by atoms with E-state index < -0.39 is 12.2 Å². The standard InChI is InChI=1S/C10H20O3/c1-5(2)9-7(11)8(12)10(13-9)6(3)4/h5-12H,1-4H3/t7-,8+,9+,10-. The summed E-state index contributed by atoms with van der Waals surface area (Å²) >= 11 is 0. The molecular weight excluding hydrogens is 168 g/mol. The van der Waals surface area contributed by atoms with Gasteiger partial charge in [0.2, 0.25) is 0 Å². The number of ether oxygens (including phenoxy) is 1. The van der Waals surface area contributed by atoms with Crippen molar-refractivity contribution in [1.29, 1.82) is 0 Å². The maximum Gasteiger partial charge on any atom is 0.109 e. The molecule has 1 aliphatic rings. The molecule has 13 heavy (non-hydrogen) atoms. The van der Waals surface area contributed by atoms with Gasteiger partial charge >= 0.3 is 0 Å². The summed E-state index contributed by atoms with van der Waals surface area (Å²) in [6, 6.07) is 0. The normalized spacial score (nSPS) is 40.6. The summed E-state index contributed by atoms with van der Waals surface area (Å²) in [6.07, 6.45) is -1.90. The Morgan fingerprint density at radius 1 is 0.846 bits per heavy atom. The van der Waals surface area contributed by atoms with Crippen LogP contribution in [0.1, 0.15) is 27.7 Å². The highest BCUT2D eigenvalue weighted by atomic mass is 16.5. The molecule has 2 N–H and O–H groups in total. The Hall–Kier alpha value is -0.120. The molecule has 0 aliphatic carbocycles. The third-order valence-corrected chi connectivity index (χ3v) is 2.65. The molecule has 1 rings (SSSR count). The lowest BCUT2D eigenvalue weighted by Crippen LogP contribution is -2.35. The Morgan fingerprint density at radius 3 is 1.31 bits per heavy atom. The van der Waals surface area contributed by atoms with Crippen molar-refractivity contribution in [2.75, 3.05) is 0 Å². The van der Waals surface area contributed by atoms with Gasteiger partial charge in [-0.25, -0.2) is 0 Å². The van der Waals surface area contributed by atoms with E-state index in [9.17, 15) is 10.2 Å². The molecule has 0 aromatic heterocycles. The van der Waals surface area contributed by atoms with Crippen molar-refractivity contribution in [3.05, 3.63) is 0 Å². The largest absolute Gasteiger partial charge is 0.388 e. The Bertz CT molecular complexity index is 150. The molecule has 1 aliphatic heterocycles. The topological polar surface area (TPSA) is 49.7 Å². The molecule has 3 heteroatoms. The molecule has 3 nitrogen and oxygen atoms in total. The zero-order valence-electron chi connectivity index (χ0n) is 8.77. The number of rotatable bonds is 2. The number of hydrogen-bond acceptors (Lipinski definition) is 3. The molecule has 1 heterocycles. The van der Waals surface area contributed by atoms with Crippen molar-refractivity contribution in [3.63, 3.8) is 0 Å². The summed E-state index contributed by atoms with van der Waals surface area (Å²) in [5, 5.41) is 19.3. The maximum absolute atomic E-state index is 9.67. The van der Waals surface area contributed by atoms with Crippen molar-refractivity contribution in [1.82, 2.24) is 0 Å². The first-order valence-corrected chi connectivity index (χ1v) is 4.96. The highest BCUT2D eigenvalue weighted by molar-refractivity contribution is 4.92. The molecule has 0 radical (unpaired) electrons.